The van der Waals surface area contributed by atoms with E-state index in [4.69, 9.17) is 19.2 Å². The van der Waals surface area contributed by atoms with Gasteiger partial charge in [-0.3, -0.25) is 14.6 Å². The van der Waals surface area contributed by atoms with Crippen LogP contribution in [0, 0.1) is 0 Å². The number of nitrogens with zero attached hydrogens (tertiary/aromatic N) is 7. The second-order valence-electron chi connectivity index (χ2n) is 12.2. The van der Waals surface area contributed by atoms with Gasteiger partial charge in [-0.05, 0) is 61.3 Å². The van der Waals surface area contributed by atoms with Gasteiger partial charge in [0.05, 0.1) is 65.4 Å². The van der Waals surface area contributed by atoms with Gasteiger partial charge in [-0.25, -0.2) is 4.98 Å². The highest BCUT2D eigenvalue weighted by molar-refractivity contribution is 9.10. The van der Waals surface area contributed by atoms with E-state index in [2.05, 4.69) is 51.5 Å². The van der Waals surface area contributed by atoms with Crippen LogP contribution in [0.4, 0.5) is 28.8 Å². The second-order valence-corrected chi connectivity index (χ2v) is 16.2. The van der Waals surface area contributed by atoms with Crippen LogP contribution in [0.25, 0.3) is 22.2 Å². The first-order valence-corrected chi connectivity index (χ1v) is 18.9. The van der Waals surface area contributed by atoms with Crippen molar-refractivity contribution < 1.29 is 18.8 Å². The largest absolute Gasteiger partial charge is 0.494 e. The van der Waals surface area contributed by atoms with Crippen LogP contribution in [-0.2, 0) is 21.1 Å². The number of anilines is 5. The molecule has 0 saturated carbocycles. The van der Waals surface area contributed by atoms with Crippen molar-refractivity contribution in [3.05, 3.63) is 59.7 Å². The van der Waals surface area contributed by atoms with E-state index in [1.54, 1.807) is 43.7 Å². The molecule has 0 radical (unpaired) electrons. The summed E-state index contributed by atoms with van der Waals surface area (Å²) in [4.78, 5) is 20.5. The van der Waals surface area contributed by atoms with Crippen LogP contribution in [0.2, 0.25) is 0 Å². The number of hydrogen-bond donors (Lipinski definition) is 2. The molecule has 1 fully saturated rings. The lowest BCUT2D eigenvalue weighted by Gasteiger charge is -2.36. The number of halogens is 1. The van der Waals surface area contributed by atoms with Crippen LogP contribution in [0.1, 0.15) is 13.8 Å². The summed E-state index contributed by atoms with van der Waals surface area (Å²) in [5.41, 5.74) is 5.48. The maximum absolute atomic E-state index is 13.5. The van der Waals surface area contributed by atoms with E-state index in [-0.39, 0.29) is 12.2 Å². The molecule has 1 aliphatic rings. The molecule has 1 saturated heterocycles. The van der Waals surface area contributed by atoms with Gasteiger partial charge in [-0.2, -0.15) is 10.1 Å². The minimum Gasteiger partial charge on any atom is -0.494 e. The number of morpholine rings is 1. The Kier molecular flexibility index (Phi) is 9.98. The first-order valence-electron chi connectivity index (χ1n) is 15.5. The van der Waals surface area contributed by atoms with Crippen molar-refractivity contribution in [1.82, 2.24) is 29.7 Å². The third-order valence-electron chi connectivity index (χ3n) is 7.82. The molecule has 0 bridgehead atoms. The zero-order valence-electron chi connectivity index (χ0n) is 27.8. The van der Waals surface area contributed by atoms with Crippen LogP contribution in [0.3, 0.4) is 0 Å². The number of hydrogen-bond acceptors (Lipinski definition) is 12. The van der Waals surface area contributed by atoms with E-state index in [9.17, 15) is 4.57 Å². The number of fused-ring (bicyclic) bond motifs is 1. The number of rotatable bonds is 11. The van der Waals surface area contributed by atoms with Crippen molar-refractivity contribution in [3.8, 4) is 16.9 Å². The molecule has 15 heteroatoms. The van der Waals surface area contributed by atoms with E-state index in [1.165, 1.54) is 0 Å². The van der Waals surface area contributed by atoms with Gasteiger partial charge >= 0.3 is 0 Å². The fourth-order valence-electron chi connectivity index (χ4n) is 5.66. The van der Waals surface area contributed by atoms with Gasteiger partial charge in [-0.15, -0.1) is 0 Å². The van der Waals surface area contributed by atoms with Crippen molar-refractivity contribution in [3.63, 3.8) is 0 Å². The predicted molar refractivity (Wildman–Crippen MR) is 193 cm³/mol. The average Bonchev–Trinajstić information content (AvgIpc) is 3.50. The summed E-state index contributed by atoms with van der Waals surface area (Å²) in [5.74, 6) is 1.43. The fourth-order valence-corrected chi connectivity index (χ4v) is 7.34. The Morgan fingerprint density at radius 3 is 2.65 bits per heavy atom. The van der Waals surface area contributed by atoms with Crippen molar-refractivity contribution in [2.75, 3.05) is 62.3 Å². The fraction of sp³-hybridized carbons (Fsp3) is 0.364. The molecule has 1 aliphatic heterocycles. The SMILES string of the molecule is COc1cc(N2CCOC(COC(C)C)C2)c(-c2cnn(C)c2)cc1Nc1ncc(Br)c(Nc2ccc3nccnc3c2P(C)(C)=O)n1. The zero-order chi connectivity index (χ0) is 34.0. The molecule has 0 aliphatic carbocycles. The summed E-state index contributed by atoms with van der Waals surface area (Å²) in [6.45, 7) is 9.98. The number of benzene rings is 2. The number of ether oxygens (including phenoxy) is 3. The van der Waals surface area contributed by atoms with Gasteiger partial charge in [0.25, 0.3) is 0 Å². The van der Waals surface area contributed by atoms with Gasteiger partial charge in [0, 0.05) is 67.8 Å². The average molecular weight is 737 g/mol. The summed E-state index contributed by atoms with van der Waals surface area (Å²) >= 11 is 3.58. The summed E-state index contributed by atoms with van der Waals surface area (Å²) in [7, 11) is 0.761. The lowest BCUT2D eigenvalue weighted by molar-refractivity contribution is -0.0405. The lowest BCUT2D eigenvalue weighted by Crippen LogP contribution is -2.45. The molecule has 2 aromatic carbocycles. The van der Waals surface area contributed by atoms with Gasteiger partial charge in [0.1, 0.15) is 24.2 Å². The lowest BCUT2D eigenvalue weighted by atomic mass is 10.0. The van der Waals surface area contributed by atoms with Crippen LogP contribution in [0.15, 0.2) is 59.7 Å². The molecule has 48 heavy (non-hydrogen) atoms. The van der Waals surface area contributed by atoms with Gasteiger partial charge in [0.15, 0.2) is 0 Å². The number of methoxy groups -OCH3 is 1. The minimum absolute atomic E-state index is 0.0572. The molecular formula is C33H39BrN9O4P. The Morgan fingerprint density at radius 1 is 1.10 bits per heavy atom. The maximum atomic E-state index is 13.5. The Labute approximate surface area is 288 Å². The zero-order valence-corrected chi connectivity index (χ0v) is 30.2. The summed E-state index contributed by atoms with van der Waals surface area (Å²) in [6.07, 6.45) is 8.78. The van der Waals surface area contributed by atoms with Gasteiger partial charge in [-0.1, -0.05) is 0 Å². The second kappa shape index (κ2) is 14.2. The van der Waals surface area contributed by atoms with Gasteiger partial charge < -0.3 is 34.3 Å². The molecule has 3 aromatic heterocycles. The normalized spacial score (nSPS) is 15.2. The predicted octanol–water partition coefficient (Wildman–Crippen LogP) is 5.96. The first kappa shape index (κ1) is 33.8. The highest BCUT2D eigenvalue weighted by atomic mass is 79.9. The monoisotopic (exact) mass is 735 g/mol. The standard InChI is InChI=1S/C33H39BrN9O4P/c1-20(2)47-19-22-18-43(11-12-46-22)28-14-29(45-4)27(13-23(28)21-15-38-42(3)17-21)40-33-37-16-24(34)32(41-33)39-26-8-7-25-30(36-10-9-35-25)31(26)48(5,6)44/h7-10,13-17,20,22H,11-12,18-19H2,1-6H3,(H2,37,39,40,41). The maximum Gasteiger partial charge on any atom is 0.229 e. The third-order valence-corrected chi connectivity index (χ3v) is 9.93. The molecule has 1 atom stereocenters. The van der Waals surface area contributed by atoms with E-state index in [1.807, 2.05) is 57.6 Å². The van der Waals surface area contributed by atoms with Crippen molar-refractivity contribution >= 4 is 68.2 Å². The molecule has 2 N–H and O–H groups in total. The third kappa shape index (κ3) is 7.46. The van der Waals surface area contributed by atoms with Crippen LogP contribution in [0.5, 0.6) is 5.75 Å². The molecule has 252 valence electrons. The Bertz CT molecular complexity index is 1980. The molecule has 0 spiro atoms. The summed E-state index contributed by atoms with van der Waals surface area (Å²) in [6, 6.07) is 7.75. The minimum atomic E-state index is -2.77. The van der Waals surface area contributed by atoms with E-state index in [0.717, 1.165) is 23.4 Å². The van der Waals surface area contributed by atoms with Crippen LogP contribution in [-0.4, -0.2) is 88.7 Å². The van der Waals surface area contributed by atoms with Crippen molar-refractivity contribution in [1.29, 1.82) is 0 Å². The first-order chi connectivity index (χ1) is 23.0. The highest BCUT2D eigenvalue weighted by Crippen LogP contribution is 2.43. The Morgan fingerprint density at radius 2 is 1.92 bits per heavy atom. The summed E-state index contributed by atoms with van der Waals surface area (Å²) in [5, 5.41) is 11.8. The van der Waals surface area contributed by atoms with Gasteiger partial charge in [0.2, 0.25) is 5.95 Å². The number of nitrogens with one attached hydrogen (secondary N) is 2. The Hall–Kier alpha value is -4.10. The topological polar surface area (TPSA) is 141 Å². The Balaban J connectivity index is 1.35. The molecule has 0 amide bonds. The molecule has 5 aromatic rings. The molecule has 6 rings (SSSR count). The van der Waals surface area contributed by atoms with Crippen molar-refractivity contribution in [2.24, 2.45) is 7.05 Å². The van der Waals surface area contributed by atoms with E-state index >= 15 is 0 Å². The van der Waals surface area contributed by atoms with Crippen LogP contribution < -0.4 is 25.6 Å². The highest BCUT2D eigenvalue weighted by Gasteiger charge is 2.26. The number of aromatic nitrogens is 6. The molecule has 1 unspecified atom stereocenters. The molecule has 13 nitrogen and oxygen atoms in total. The quantitative estimate of drug-likeness (QED) is 0.155. The van der Waals surface area contributed by atoms with Crippen molar-refractivity contribution in [2.45, 2.75) is 26.1 Å². The van der Waals surface area contributed by atoms with Crippen LogP contribution >= 0.6 is 23.1 Å². The molecule has 4 heterocycles. The molecular weight excluding hydrogens is 697 g/mol. The van der Waals surface area contributed by atoms with E-state index in [0.29, 0.717) is 69.5 Å². The summed E-state index contributed by atoms with van der Waals surface area (Å²) < 4.78 is 33.7. The smallest absolute Gasteiger partial charge is 0.229 e. The number of aryl methyl sites for hydroxylation is 1. The van der Waals surface area contributed by atoms with E-state index < -0.39 is 7.14 Å².